The third kappa shape index (κ3) is 7.06. The maximum Gasteiger partial charge on any atom is 0.294 e. The number of methoxy groups -OCH3 is 1. The van der Waals surface area contributed by atoms with Crippen LogP contribution in [0.1, 0.15) is 16.7 Å². The first kappa shape index (κ1) is 22.1. The molecule has 0 aliphatic heterocycles. The van der Waals surface area contributed by atoms with E-state index in [1.165, 1.54) is 17.7 Å². The van der Waals surface area contributed by atoms with Gasteiger partial charge in [0.1, 0.15) is 11.6 Å². The van der Waals surface area contributed by atoms with E-state index in [1.54, 1.807) is 19.2 Å². The van der Waals surface area contributed by atoms with Crippen molar-refractivity contribution < 1.29 is 17.7 Å². The predicted molar refractivity (Wildman–Crippen MR) is 116 cm³/mol. The molecule has 0 bridgehead atoms. The lowest BCUT2D eigenvalue weighted by molar-refractivity contribution is 0.415. The van der Waals surface area contributed by atoms with Crippen molar-refractivity contribution in [1.29, 1.82) is 0 Å². The van der Waals surface area contributed by atoms with E-state index in [1.807, 2.05) is 62.4 Å². The number of aliphatic imine (C=N–C) groups is 1. The third-order valence-electron chi connectivity index (χ3n) is 3.99. The Balaban J connectivity index is 0.000000234. The number of hydrogen-bond donors (Lipinski definition) is 2. The molecule has 3 aromatic rings. The van der Waals surface area contributed by atoms with Crippen LogP contribution in [-0.4, -0.2) is 25.9 Å². The molecule has 0 spiro atoms. The lowest BCUT2D eigenvalue weighted by Crippen LogP contribution is -2.12. The second kappa shape index (κ2) is 9.86. The van der Waals surface area contributed by atoms with Gasteiger partial charge in [0.15, 0.2) is 0 Å². The van der Waals surface area contributed by atoms with E-state index < -0.39 is 10.1 Å². The van der Waals surface area contributed by atoms with Crippen LogP contribution in [-0.2, 0) is 10.1 Å². The van der Waals surface area contributed by atoms with Gasteiger partial charge >= 0.3 is 0 Å². The fourth-order valence-electron chi connectivity index (χ4n) is 2.29. The first-order valence-corrected chi connectivity index (χ1v) is 10.2. The third-order valence-corrected chi connectivity index (χ3v) is 4.86. The molecule has 0 aliphatic rings. The molecule has 0 aromatic heterocycles. The topological polar surface area (TPSA) is 102 Å². The number of ether oxygens (including phenoxy) is 1. The summed E-state index contributed by atoms with van der Waals surface area (Å²) >= 11 is 0. The molecule has 0 saturated carbocycles. The highest BCUT2D eigenvalue weighted by Gasteiger charge is 2.06. The summed E-state index contributed by atoms with van der Waals surface area (Å²) in [5.41, 5.74) is 9.87. The van der Waals surface area contributed by atoms with Crippen molar-refractivity contribution in [3.05, 3.63) is 89.5 Å². The fourth-order valence-corrected chi connectivity index (χ4v) is 2.77. The number of nitrogens with zero attached hydrogens (tertiary/aromatic N) is 1. The first-order chi connectivity index (χ1) is 13.7. The monoisotopic (exact) mass is 412 g/mol. The quantitative estimate of drug-likeness (QED) is 0.378. The minimum absolute atomic E-state index is 0.0666. The molecule has 152 valence electrons. The summed E-state index contributed by atoms with van der Waals surface area (Å²) < 4.78 is 34.7. The Morgan fingerprint density at radius 1 is 0.862 bits per heavy atom. The zero-order valence-electron chi connectivity index (χ0n) is 16.5. The molecule has 3 rings (SSSR count). The van der Waals surface area contributed by atoms with Crippen LogP contribution in [0.4, 0.5) is 5.69 Å². The Kier molecular flexibility index (Phi) is 7.52. The molecule has 6 nitrogen and oxygen atoms in total. The van der Waals surface area contributed by atoms with Gasteiger partial charge in [-0.25, -0.2) is 4.99 Å². The highest BCUT2D eigenvalue weighted by molar-refractivity contribution is 7.85. The molecule has 0 aliphatic carbocycles. The number of hydrogen-bond acceptors (Lipinski definition) is 4. The smallest absolute Gasteiger partial charge is 0.294 e. The minimum Gasteiger partial charge on any atom is -0.497 e. The second-order valence-electron chi connectivity index (χ2n) is 6.35. The van der Waals surface area contributed by atoms with Crippen molar-refractivity contribution in [2.24, 2.45) is 10.7 Å². The first-order valence-electron chi connectivity index (χ1n) is 8.78. The molecule has 0 heterocycles. The van der Waals surface area contributed by atoms with Gasteiger partial charge in [0.05, 0.1) is 17.7 Å². The average molecular weight is 413 g/mol. The van der Waals surface area contributed by atoms with Crippen molar-refractivity contribution in [2.45, 2.75) is 18.7 Å². The number of nitrogens with two attached hydrogens (primary N) is 1. The molecular weight excluding hydrogens is 388 g/mol. The number of benzene rings is 3. The van der Waals surface area contributed by atoms with Crippen molar-refractivity contribution in [3.8, 4) is 5.75 Å². The van der Waals surface area contributed by atoms with Gasteiger partial charge in [0.2, 0.25) is 0 Å². The van der Waals surface area contributed by atoms with Crippen LogP contribution < -0.4 is 10.5 Å². The minimum atomic E-state index is -4.02. The summed E-state index contributed by atoms with van der Waals surface area (Å²) in [6.45, 7) is 3.88. The lowest BCUT2D eigenvalue weighted by Gasteiger charge is -2.03. The largest absolute Gasteiger partial charge is 0.497 e. The highest BCUT2D eigenvalue weighted by atomic mass is 32.2. The van der Waals surface area contributed by atoms with E-state index >= 15 is 0 Å². The molecule has 0 fully saturated rings. The maximum atomic E-state index is 10.5. The van der Waals surface area contributed by atoms with E-state index in [-0.39, 0.29) is 4.90 Å². The molecule has 0 amide bonds. The van der Waals surface area contributed by atoms with Gasteiger partial charge in [0.25, 0.3) is 10.1 Å². The van der Waals surface area contributed by atoms with Gasteiger partial charge in [-0.2, -0.15) is 8.42 Å². The SMILES string of the molecule is COc1ccc(C(N)=Nc2ccc(C)cc2)cc1.Cc1ccc(S(=O)(=O)O)cc1. The second-order valence-corrected chi connectivity index (χ2v) is 7.77. The van der Waals surface area contributed by atoms with E-state index in [0.29, 0.717) is 5.84 Å². The van der Waals surface area contributed by atoms with Crippen LogP contribution in [0.2, 0.25) is 0 Å². The Morgan fingerprint density at radius 3 is 1.79 bits per heavy atom. The van der Waals surface area contributed by atoms with Crippen molar-refractivity contribution >= 4 is 21.6 Å². The van der Waals surface area contributed by atoms with Crippen LogP contribution in [0.15, 0.2) is 82.7 Å². The van der Waals surface area contributed by atoms with Crippen LogP contribution in [0, 0.1) is 13.8 Å². The Hall–Kier alpha value is -3.16. The number of aryl methyl sites for hydroxylation is 2. The van der Waals surface area contributed by atoms with Gasteiger partial charge in [-0.15, -0.1) is 0 Å². The summed E-state index contributed by atoms with van der Waals surface area (Å²) in [5.74, 6) is 1.31. The zero-order valence-corrected chi connectivity index (χ0v) is 17.3. The van der Waals surface area contributed by atoms with Gasteiger partial charge in [-0.05, 0) is 62.4 Å². The van der Waals surface area contributed by atoms with E-state index in [4.69, 9.17) is 15.0 Å². The van der Waals surface area contributed by atoms with E-state index in [0.717, 1.165) is 22.6 Å². The predicted octanol–water partition coefficient (Wildman–Crippen LogP) is 4.28. The summed E-state index contributed by atoms with van der Waals surface area (Å²) in [6.07, 6.45) is 0. The Labute approximate surface area is 171 Å². The average Bonchev–Trinajstić information content (AvgIpc) is 2.70. The molecule has 0 radical (unpaired) electrons. The van der Waals surface area contributed by atoms with Gasteiger partial charge in [-0.3, -0.25) is 4.55 Å². The van der Waals surface area contributed by atoms with Crippen LogP contribution in [0.5, 0.6) is 5.75 Å². The van der Waals surface area contributed by atoms with E-state index in [9.17, 15) is 8.42 Å². The summed E-state index contributed by atoms with van der Waals surface area (Å²) in [5, 5.41) is 0. The Morgan fingerprint density at radius 2 is 1.34 bits per heavy atom. The van der Waals surface area contributed by atoms with Gasteiger partial charge < -0.3 is 10.5 Å². The molecule has 3 N–H and O–H groups in total. The fraction of sp³-hybridized carbons (Fsp3) is 0.136. The maximum absolute atomic E-state index is 10.5. The molecule has 0 unspecified atom stereocenters. The molecule has 0 saturated heterocycles. The molecular formula is C22H24N2O4S. The normalized spacial score (nSPS) is 11.4. The summed E-state index contributed by atoms with van der Waals surface area (Å²) in [6, 6.07) is 21.4. The lowest BCUT2D eigenvalue weighted by atomic mass is 10.2. The zero-order chi connectivity index (χ0) is 21.4. The number of amidine groups is 1. The van der Waals surface area contributed by atoms with Crippen molar-refractivity contribution in [3.63, 3.8) is 0 Å². The van der Waals surface area contributed by atoms with Gasteiger partial charge in [0, 0.05) is 5.56 Å². The number of rotatable bonds is 4. The molecule has 3 aromatic carbocycles. The van der Waals surface area contributed by atoms with Crippen LogP contribution in [0.25, 0.3) is 0 Å². The van der Waals surface area contributed by atoms with Gasteiger partial charge in [-0.1, -0.05) is 35.4 Å². The van der Waals surface area contributed by atoms with Crippen molar-refractivity contribution in [2.75, 3.05) is 7.11 Å². The molecule has 7 heteroatoms. The standard InChI is InChI=1S/C15H16N2O.C7H8O3S/c1-11-3-7-13(8-4-11)17-15(16)12-5-9-14(18-2)10-6-12;1-6-2-4-7(5-3-6)11(8,9)10/h3-10H,1-2H3,(H2,16,17);2-5H,1H3,(H,8,9,10). The molecule has 29 heavy (non-hydrogen) atoms. The van der Waals surface area contributed by atoms with E-state index in [2.05, 4.69) is 4.99 Å². The highest BCUT2D eigenvalue weighted by Crippen LogP contribution is 2.15. The van der Waals surface area contributed by atoms with Crippen molar-refractivity contribution in [1.82, 2.24) is 0 Å². The van der Waals surface area contributed by atoms with Crippen LogP contribution >= 0.6 is 0 Å². The summed E-state index contributed by atoms with van der Waals surface area (Å²) in [7, 11) is -2.38. The molecule has 0 atom stereocenters. The Bertz CT molecular complexity index is 1060. The summed E-state index contributed by atoms with van der Waals surface area (Å²) in [4.78, 5) is 4.31. The van der Waals surface area contributed by atoms with Crippen LogP contribution in [0.3, 0.4) is 0 Å².